The van der Waals surface area contributed by atoms with Crippen LogP contribution in [0.5, 0.6) is 5.75 Å². The molecule has 3 rings (SSSR count). The van der Waals surface area contributed by atoms with Crippen molar-refractivity contribution in [1.29, 1.82) is 0 Å². The molecule has 0 bridgehead atoms. The van der Waals surface area contributed by atoms with Crippen molar-refractivity contribution in [3.63, 3.8) is 0 Å². The van der Waals surface area contributed by atoms with Gasteiger partial charge in [0, 0.05) is 11.4 Å². The summed E-state index contributed by atoms with van der Waals surface area (Å²) >= 11 is 1.41. The van der Waals surface area contributed by atoms with Gasteiger partial charge >= 0.3 is 0 Å². The smallest absolute Gasteiger partial charge is 0.211 e. The molecule has 3 aromatic rings. The van der Waals surface area contributed by atoms with Gasteiger partial charge in [0.1, 0.15) is 6.61 Å². The van der Waals surface area contributed by atoms with Crippen LogP contribution in [0, 0.1) is 5.82 Å². The van der Waals surface area contributed by atoms with Crippen LogP contribution < -0.4 is 9.46 Å². The first-order chi connectivity index (χ1) is 14.0. The Morgan fingerprint density at radius 3 is 2.55 bits per heavy atom. The van der Waals surface area contributed by atoms with Crippen molar-refractivity contribution in [3.05, 3.63) is 66.2 Å². The van der Waals surface area contributed by atoms with Gasteiger partial charge < -0.3 is 4.74 Å². The van der Waals surface area contributed by atoms with Gasteiger partial charge in [-0.15, -0.1) is 10.2 Å². The van der Waals surface area contributed by atoms with E-state index < -0.39 is 15.8 Å². The third-order valence-electron chi connectivity index (χ3n) is 4.01. The molecule has 0 aliphatic carbocycles. The van der Waals surface area contributed by atoms with E-state index in [1.807, 2.05) is 34.9 Å². The Hall–Kier alpha value is -2.43. The molecule has 10 heteroatoms. The van der Waals surface area contributed by atoms with Crippen LogP contribution in [0.15, 0.2) is 59.8 Å². The lowest BCUT2D eigenvalue weighted by molar-refractivity contribution is 0.278. The molecule has 1 heterocycles. The van der Waals surface area contributed by atoms with Gasteiger partial charge in [0.25, 0.3) is 0 Å². The molecule has 2 aromatic carbocycles. The number of benzene rings is 2. The largest absolute Gasteiger partial charge is 0.483 e. The fourth-order valence-electron chi connectivity index (χ4n) is 2.54. The maximum atomic E-state index is 13.8. The van der Waals surface area contributed by atoms with Gasteiger partial charge in [-0.05, 0) is 37.7 Å². The summed E-state index contributed by atoms with van der Waals surface area (Å²) in [6.45, 7) is 0.0392. The maximum absolute atomic E-state index is 13.8. The number of nitrogens with zero attached hydrogens (tertiary/aromatic N) is 3. The molecule has 0 amide bonds. The van der Waals surface area contributed by atoms with Crippen molar-refractivity contribution in [2.45, 2.75) is 18.2 Å². The average molecular weight is 437 g/mol. The van der Waals surface area contributed by atoms with Crippen molar-refractivity contribution >= 4 is 21.8 Å². The molecule has 0 aliphatic heterocycles. The Labute approximate surface area is 173 Å². The number of rotatable bonds is 10. The van der Waals surface area contributed by atoms with Gasteiger partial charge in [-0.25, -0.2) is 17.5 Å². The van der Waals surface area contributed by atoms with Crippen molar-refractivity contribution in [1.82, 2.24) is 19.5 Å². The third-order valence-corrected chi connectivity index (χ3v) is 6.47. The van der Waals surface area contributed by atoms with Gasteiger partial charge in [-0.2, -0.15) is 0 Å². The Bertz CT molecular complexity index is 1040. The van der Waals surface area contributed by atoms with Gasteiger partial charge in [0.15, 0.2) is 22.5 Å². The standard InChI is InChI=1S/C19H21FN4O3S2/c1-21-29(25,26)13-7-12-28-19-23-22-18(24(19)15-8-3-2-4-9-15)14-27-17-11-6-5-10-16(17)20/h2-6,8-11,21H,7,12-14H2,1H3. The molecule has 1 aromatic heterocycles. The molecule has 154 valence electrons. The molecule has 29 heavy (non-hydrogen) atoms. The number of para-hydroxylation sites is 2. The topological polar surface area (TPSA) is 86.1 Å². The van der Waals surface area contributed by atoms with Crippen LogP contribution in [-0.4, -0.2) is 41.7 Å². The first kappa shape index (κ1) is 21.3. The van der Waals surface area contributed by atoms with Crippen LogP contribution in [0.2, 0.25) is 0 Å². The van der Waals surface area contributed by atoms with E-state index in [1.54, 1.807) is 18.2 Å². The zero-order valence-corrected chi connectivity index (χ0v) is 17.4. The highest BCUT2D eigenvalue weighted by Gasteiger charge is 2.16. The summed E-state index contributed by atoms with van der Waals surface area (Å²) in [5.41, 5.74) is 0.843. The predicted octanol–water partition coefficient (Wildman–Crippen LogP) is 3.02. The second kappa shape index (κ2) is 9.86. The summed E-state index contributed by atoms with van der Waals surface area (Å²) in [5, 5.41) is 9.03. The molecule has 0 fully saturated rings. The predicted molar refractivity (Wildman–Crippen MR) is 110 cm³/mol. The Morgan fingerprint density at radius 2 is 1.83 bits per heavy atom. The normalized spacial score (nSPS) is 11.5. The molecular weight excluding hydrogens is 415 g/mol. The van der Waals surface area contributed by atoms with E-state index in [9.17, 15) is 12.8 Å². The molecule has 0 spiro atoms. The van der Waals surface area contributed by atoms with Gasteiger partial charge in [-0.3, -0.25) is 4.57 Å². The Balaban J connectivity index is 1.76. The van der Waals surface area contributed by atoms with E-state index in [1.165, 1.54) is 24.9 Å². The molecule has 1 N–H and O–H groups in total. The number of thioether (sulfide) groups is 1. The van der Waals surface area contributed by atoms with Crippen molar-refractivity contribution < 1.29 is 17.5 Å². The zero-order chi connectivity index (χ0) is 20.7. The SMILES string of the molecule is CNS(=O)(=O)CCCSc1nnc(COc2ccccc2F)n1-c1ccccc1. The number of halogens is 1. The van der Waals surface area contributed by atoms with Crippen LogP contribution >= 0.6 is 11.8 Å². The fraction of sp³-hybridized carbons (Fsp3) is 0.263. The summed E-state index contributed by atoms with van der Waals surface area (Å²) < 4.78 is 46.6. The van der Waals surface area contributed by atoms with Crippen LogP contribution in [0.4, 0.5) is 4.39 Å². The van der Waals surface area contributed by atoms with E-state index in [2.05, 4.69) is 14.9 Å². The average Bonchev–Trinajstić information content (AvgIpc) is 3.14. The second-order valence-corrected chi connectivity index (χ2v) is 9.12. The highest BCUT2D eigenvalue weighted by molar-refractivity contribution is 7.99. The lowest BCUT2D eigenvalue weighted by Gasteiger charge is -2.11. The number of aromatic nitrogens is 3. The summed E-state index contributed by atoms with van der Waals surface area (Å²) in [6, 6.07) is 15.7. The van der Waals surface area contributed by atoms with Crippen molar-refractivity contribution in [3.8, 4) is 11.4 Å². The van der Waals surface area contributed by atoms with Gasteiger partial charge in [-0.1, -0.05) is 42.1 Å². The molecule has 7 nitrogen and oxygen atoms in total. The molecular formula is C19H21FN4O3S2. The maximum Gasteiger partial charge on any atom is 0.211 e. The van der Waals surface area contributed by atoms with Crippen molar-refractivity contribution in [2.24, 2.45) is 0 Å². The van der Waals surface area contributed by atoms with Crippen LogP contribution in [0.3, 0.4) is 0 Å². The summed E-state index contributed by atoms with van der Waals surface area (Å²) in [5.74, 6) is 0.809. The molecule has 0 atom stereocenters. The summed E-state index contributed by atoms with van der Waals surface area (Å²) in [6.07, 6.45) is 0.469. The van der Waals surface area contributed by atoms with E-state index in [0.29, 0.717) is 23.2 Å². The van der Waals surface area contributed by atoms with E-state index in [0.717, 1.165) is 5.69 Å². The number of sulfonamides is 1. The van der Waals surface area contributed by atoms with Gasteiger partial charge in [0.2, 0.25) is 10.0 Å². The Kier molecular flexibility index (Phi) is 7.24. The minimum absolute atomic E-state index is 0.0392. The minimum atomic E-state index is -3.24. The van der Waals surface area contributed by atoms with Crippen molar-refractivity contribution in [2.75, 3.05) is 18.6 Å². The van der Waals surface area contributed by atoms with Crippen LogP contribution in [0.25, 0.3) is 5.69 Å². The fourth-order valence-corrected chi connectivity index (χ4v) is 4.36. The van der Waals surface area contributed by atoms with E-state index >= 15 is 0 Å². The quantitative estimate of drug-likeness (QED) is 0.388. The van der Waals surface area contributed by atoms with Crippen LogP contribution in [0.1, 0.15) is 12.2 Å². The number of hydrogen-bond donors (Lipinski definition) is 1. The number of nitrogens with one attached hydrogen (secondary N) is 1. The lowest BCUT2D eigenvalue weighted by Crippen LogP contribution is -2.22. The first-order valence-corrected chi connectivity index (χ1v) is 11.5. The Morgan fingerprint density at radius 1 is 1.10 bits per heavy atom. The molecule has 0 saturated heterocycles. The van der Waals surface area contributed by atoms with E-state index in [-0.39, 0.29) is 18.1 Å². The molecule has 0 radical (unpaired) electrons. The number of ether oxygens (including phenoxy) is 1. The first-order valence-electron chi connectivity index (χ1n) is 8.91. The molecule has 0 saturated carbocycles. The minimum Gasteiger partial charge on any atom is -0.483 e. The lowest BCUT2D eigenvalue weighted by atomic mass is 10.3. The van der Waals surface area contributed by atoms with Gasteiger partial charge in [0.05, 0.1) is 5.75 Å². The summed E-state index contributed by atoms with van der Waals surface area (Å²) in [4.78, 5) is 0. The zero-order valence-electron chi connectivity index (χ0n) is 15.8. The summed E-state index contributed by atoms with van der Waals surface area (Å²) in [7, 11) is -1.84. The van der Waals surface area contributed by atoms with Crippen LogP contribution in [-0.2, 0) is 16.6 Å². The number of hydrogen-bond acceptors (Lipinski definition) is 6. The van der Waals surface area contributed by atoms with E-state index in [4.69, 9.17) is 4.74 Å². The highest BCUT2D eigenvalue weighted by Crippen LogP contribution is 2.24. The molecule has 0 unspecified atom stereocenters. The monoisotopic (exact) mass is 436 g/mol. The molecule has 0 aliphatic rings. The third kappa shape index (κ3) is 5.78. The second-order valence-electron chi connectivity index (χ2n) is 6.01. The highest BCUT2D eigenvalue weighted by atomic mass is 32.2.